The molecular formula is C14H9N7O3. The summed E-state index contributed by atoms with van der Waals surface area (Å²) in [4.78, 5) is 36.0. The molecule has 10 nitrogen and oxygen atoms in total. The number of benzene rings is 1. The molecule has 0 saturated carbocycles. The van der Waals surface area contributed by atoms with Crippen LogP contribution in [0.25, 0.3) is 11.4 Å². The van der Waals surface area contributed by atoms with Crippen molar-refractivity contribution >= 4 is 17.6 Å². The van der Waals surface area contributed by atoms with Gasteiger partial charge in [0, 0.05) is 6.07 Å². The van der Waals surface area contributed by atoms with Gasteiger partial charge in [0.2, 0.25) is 0 Å². The standard InChI is InChI=1S/C14H9N7O3/c15-12-11-9(13(23)17-14(11)24)5-10(22)21(12)8-3-1-2-7(4-8)20-6-16-18-19-20/h1-6H,15H2,(H,17,23,24). The third kappa shape index (κ3) is 1.90. The van der Waals surface area contributed by atoms with E-state index < -0.39 is 17.4 Å². The van der Waals surface area contributed by atoms with E-state index >= 15 is 0 Å². The van der Waals surface area contributed by atoms with E-state index in [1.54, 1.807) is 24.3 Å². The summed E-state index contributed by atoms with van der Waals surface area (Å²) in [6, 6.07) is 7.80. The molecule has 0 atom stereocenters. The van der Waals surface area contributed by atoms with Gasteiger partial charge in [-0.1, -0.05) is 6.07 Å². The molecule has 10 heteroatoms. The van der Waals surface area contributed by atoms with Crippen molar-refractivity contribution in [1.29, 1.82) is 0 Å². The first-order valence-electron chi connectivity index (χ1n) is 6.81. The number of nitrogens with zero attached hydrogens (tertiary/aromatic N) is 5. The number of hydrogen-bond donors (Lipinski definition) is 2. The van der Waals surface area contributed by atoms with Crippen molar-refractivity contribution in [1.82, 2.24) is 30.1 Å². The van der Waals surface area contributed by atoms with Crippen LogP contribution in [0.2, 0.25) is 0 Å². The summed E-state index contributed by atoms with van der Waals surface area (Å²) in [5, 5.41) is 13.0. The van der Waals surface area contributed by atoms with Crippen molar-refractivity contribution < 1.29 is 9.59 Å². The molecule has 0 spiro atoms. The second-order valence-electron chi connectivity index (χ2n) is 5.05. The summed E-state index contributed by atoms with van der Waals surface area (Å²) in [5.41, 5.74) is 6.46. The molecule has 24 heavy (non-hydrogen) atoms. The number of anilines is 1. The van der Waals surface area contributed by atoms with Gasteiger partial charge in [0.05, 0.1) is 22.5 Å². The molecule has 1 aliphatic rings. The van der Waals surface area contributed by atoms with Crippen molar-refractivity contribution in [2.45, 2.75) is 0 Å². The highest BCUT2D eigenvalue weighted by Crippen LogP contribution is 2.23. The van der Waals surface area contributed by atoms with Crippen molar-refractivity contribution in [3.63, 3.8) is 0 Å². The van der Waals surface area contributed by atoms with Gasteiger partial charge in [-0.3, -0.25) is 24.3 Å². The minimum atomic E-state index is -0.631. The maximum Gasteiger partial charge on any atom is 0.262 e. The number of nitrogens with two attached hydrogens (primary N) is 1. The fourth-order valence-electron chi connectivity index (χ4n) is 2.60. The molecule has 0 radical (unpaired) electrons. The maximum atomic E-state index is 12.4. The fourth-order valence-corrected chi connectivity index (χ4v) is 2.60. The quantitative estimate of drug-likeness (QED) is 0.593. The summed E-state index contributed by atoms with van der Waals surface area (Å²) in [5.74, 6) is -1.36. The second kappa shape index (κ2) is 4.84. The number of nitrogens with one attached hydrogen (secondary N) is 1. The number of fused-ring (bicyclic) bond motifs is 1. The number of aromatic nitrogens is 5. The third-order valence-electron chi connectivity index (χ3n) is 3.65. The van der Waals surface area contributed by atoms with Crippen molar-refractivity contribution in [3.05, 3.63) is 58.1 Å². The number of tetrazole rings is 1. The van der Waals surface area contributed by atoms with Gasteiger partial charge in [0.1, 0.15) is 12.1 Å². The first-order valence-corrected chi connectivity index (χ1v) is 6.81. The average molecular weight is 323 g/mol. The first kappa shape index (κ1) is 13.8. The molecule has 4 rings (SSSR count). The summed E-state index contributed by atoms with van der Waals surface area (Å²) in [6.45, 7) is 0. The minimum Gasteiger partial charge on any atom is -0.384 e. The Morgan fingerprint density at radius 1 is 1.04 bits per heavy atom. The van der Waals surface area contributed by atoms with E-state index in [0.29, 0.717) is 11.4 Å². The van der Waals surface area contributed by atoms with Crippen molar-refractivity contribution in [2.75, 3.05) is 5.73 Å². The highest BCUT2D eigenvalue weighted by molar-refractivity contribution is 6.23. The van der Waals surface area contributed by atoms with E-state index in [2.05, 4.69) is 20.8 Å². The van der Waals surface area contributed by atoms with E-state index in [0.717, 1.165) is 10.6 Å². The third-order valence-corrected chi connectivity index (χ3v) is 3.65. The van der Waals surface area contributed by atoms with Crippen LogP contribution in [0.1, 0.15) is 20.7 Å². The topological polar surface area (TPSA) is 138 Å². The van der Waals surface area contributed by atoms with Gasteiger partial charge in [0.15, 0.2) is 0 Å². The molecule has 2 amide bonds. The largest absolute Gasteiger partial charge is 0.384 e. The van der Waals surface area contributed by atoms with Crippen LogP contribution in [0.4, 0.5) is 5.82 Å². The lowest BCUT2D eigenvalue weighted by Gasteiger charge is -2.12. The van der Waals surface area contributed by atoms with Crippen LogP contribution < -0.4 is 16.6 Å². The molecule has 3 aromatic rings. The molecule has 0 unspecified atom stereocenters. The molecule has 0 bridgehead atoms. The van der Waals surface area contributed by atoms with Gasteiger partial charge >= 0.3 is 0 Å². The van der Waals surface area contributed by atoms with E-state index in [1.165, 1.54) is 11.0 Å². The Hall–Kier alpha value is -3.82. The van der Waals surface area contributed by atoms with E-state index in [9.17, 15) is 14.4 Å². The summed E-state index contributed by atoms with van der Waals surface area (Å²) in [6.07, 6.45) is 1.40. The molecule has 3 heterocycles. The van der Waals surface area contributed by atoms with Crippen LogP contribution in [0.15, 0.2) is 41.5 Å². The molecule has 0 saturated heterocycles. The van der Waals surface area contributed by atoms with Gasteiger partial charge in [-0.2, -0.15) is 0 Å². The predicted molar refractivity (Wildman–Crippen MR) is 81.0 cm³/mol. The Balaban J connectivity index is 1.94. The van der Waals surface area contributed by atoms with E-state index in [1.807, 2.05) is 0 Å². The van der Waals surface area contributed by atoms with Gasteiger partial charge in [-0.25, -0.2) is 4.68 Å². The smallest absolute Gasteiger partial charge is 0.262 e. The molecule has 3 N–H and O–H groups in total. The van der Waals surface area contributed by atoms with Gasteiger partial charge in [0.25, 0.3) is 17.4 Å². The van der Waals surface area contributed by atoms with Crippen LogP contribution in [-0.4, -0.2) is 36.6 Å². The lowest BCUT2D eigenvalue weighted by molar-refractivity contribution is 0.0880. The maximum absolute atomic E-state index is 12.4. The Labute approximate surface area is 133 Å². The lowest BCUT2D eigenvalue weighted by atomic mass is 10.1. The monoisotopic (exact) mass is 323 g/mol. The van der Waals surface area contributed by atoms with Crippen LogP contribution in [0, 0.1) is 0 Å². The number of pyridine rings is 1. The molecule has 0 aliphatic carbocycles. The highest BCUT2D eigenvalue weighted by Gasteiger charge is 2.31. The number of nitrogen functional groups attached to an aromatic ring is 1. The van der Waals surface area contributed by atoms with Crippen molar-refractivity contribution in [2.24, 2.45) is 0 Å². The van der Waals surface area contributed by atoms with Crippen LogP contribution in [0.5, 0.6) is 0 Å². The molecule has 2 aromatic heterocycles. The summed E-state index contributed by atoms with van der Waals surface area (Å²) < 4.78 is 2.57. The number of hydrogen-bond acceptors (Lipinski definition) is 7. The zero-order chi connectivity index (χ0) is 16.8. The number of carbonyl (C=O) groups is 2. The van der Waals surface area contributed by atoms with E-state index in [4.69, 9.17) is 5.73 Å². The normalized spacial score (nSPS) is 13.0. The number of imide groups is 1. The van der Waals surface area contributed by atoms with Gasteiger partial charge < -0.3 is 5.73 Å². The fraction of sp³-hybridized carbons (Fsp3) is 0. The Kier molecular flexibility index (Phi) is 2.79. The minimum absolute atomic E-state index is 0.00701. The SMILES string of the molecule is Nc1c2c(cc(=O)n1-c1cccc(-n3cnnn3)c1)C(=O)NC2=O. The summed E-state index contributed by atoms with van der Waals surface area (Å²) >= 11 is 0. The first-order chi connectivity index (χ1) is 11.6. The zero-order valence-electron chi connectivity index (χ0n) is 12.0. The number of rotatable bonds is 2. The molecule has 118 valence electrons. The predicted octanol–water partition coefficient (Wildman–Crippen LogP) is -0.721. The zero-order valence-corrected chi connectivity index (χ0v) is 12.0. The van der Waals surface area contributed by atoms with Crippen molar-refractivity contribution in [3.8, 4) is 11.4 Å². The second-order valence-corrected chi connectivity index (χ2v) is 5.05. The number of amides is 2. The lowest BCUT2D eigenvalue weighted by Crippen LogP contribution is -2.24. The molecule has 1 aliphatic heterocycles. The average Bonchev–Trinajstić information content (AvgIpc) is 3.17. The highest BCUT2D eigenvalue weighted by atomic mass is 16.2. The Bertz CT molecular complexity index is 1050. The van der Waals surface area contributed by atoms with Crippen LogP contribution in [0.3, 0.4) is 0 Å². The van der Waals surface area contributed by atoms with Crippen LogP contribution in [-0.2, 0) is 0 Å². The Morgan fingerprint density at radius 3 is 2.58 bits per heavy atom. The van der Waals surface area contributed by atoms with Gasteiger partial charge in [-0.05, 0) is 28.6 Å². The molecule has 1 aromatic carbocycles. The van der Waals surface area contributed by atoms with Gasteiger partial charge in [-0.15, -0.1) is 5.10 Å². The van der Waals surface area contributed by atoms with E-state index in [-0.39, 0.29) is 16.9 Å². The summed E-state index contributed by atoms with van der Waals surface area (Å²) in [7, 11) is 0. The Morgan fingerprint density at radius 2 is 1.83 bits per heavy atom. The molecular weight excluding hydrogens is 314 g/mol. The number of carbonyl (C=O) groups excluding carboxylic acids is 2. The molecule has 0 fully saturated rings. The van der Waals surface area contributed by atoms with Crippen LogP contribution >= 0.6 is 0 Å².